The third kappa shape index (κ3) is 3.36. The molecule has 0 aliphatic rings. The molecule has 3 aromatic rings. The Labute approximate surface area is 145 Å². The summed E-state index contributed by atoms with van der Waals surface area (Å²) in [5.41, 5.74) is 1.74. The number of hydrogen-bond donors (Lipinski definition) is 1. The molecule has 124 valence electrons. The molecule has 4 nitrogen and oxygen atoms in total. The summed E-state index contributed by atoms with van der Waals surface area (Å²) < 4.78 is 11.7. The van der Waals surface area contributed by atoms with Crippen molar-refractivity contribution >= 4 is 27.3 Å². The van der Waals surface area contributed by atoms with Gasteiger partial charge in [-0.3, -0.25) is 4.79 Å². The summed E-state index contributed by atoms with van der Waals surface area (Å²) in [5, 5.41) is 6.37. The molecule has 0 saturated heterocycles. The largest absolute Gasteiger partial charge is 0.497 e. The van der Waals surface area contributed by atoms with E-state index in [-0.39, 0.29) is 5.91 Å². The molecule has 0 spiro atoms. The first-order chi connectivity index (χ1) is 11.7. The molecule has 1 amide bonds. The lowest BCUT2D eigenvalue weighted by Crippen LogP contribution is -2.26. The van der Waals surface area contributed by atoms with E-state index >= 15 is 0 Å². The summed E-state index contributed by atoms with van der Waals surface area (Å²) in [6.07, 6.45) is 0.794. The molecule has 3 rings (SSSR count). The van der Waals surface area contributed by atoms with Gasteiger partial charge < -0.3 is 14.8 Å². The highest BCUT2D eigenvalue weighted by atomic mass is 32.1. The monoisotopic (exact) mass is 341 g/mol. The average molecular weight is 341 g/mol. The van der Waals surface area contributed by atoms with Crippen LogP contribution in [0, 0.1) is 0 Å². The summed E-state index contributed by atoms with van der Waals surface area (Å²) in [6, 6.07) is 13.5. The molecule has 1 aromatic heterocycles. The number of carbonyl (C=O) groups is 1. The lowest BCUT2D eigenvalue weighted by Gasteiger charge is -2.11. The highest BCUT2D eigenvalue weighted by molar-refractivity contribution is 7.17. The van der Waals surface area contributed by atoms with Crippen molar-refractivity contribution in [1.29, 1.82) is 0 Å². The molecule has 0 aliphatic carbocycles. The summed E-state index contributed by atoms with van der Waals surface area (Å²) in [6.45, 7) is 0.569. The predicted molar refractivity (Wildman–Crippen MR) is 97.4 cm³/mol. The van der Waals surface area contributed by atoms with Crippen molar-refractivity contribution in [1.82, 2.24) is 5.32 Å². The third-order valence-corrected chi connectivity index (χ3v) is 4.90. The third-order valence-electron chi connectivity index (χ3n) is 3.89. The van der Waals surface area contributed by atoms with Gasteiger partial charge in [0.05, 0.1) is 19.8 Å². The molecular formula is C19H19NO3S. The number of fused-ring (bicyclic) bond motifs is 1. The van der Waals surface area contributed by atoms with Gasteiger partial charge in [-0.25, -0.2) is 0 Å². The van der Waals surface area contributed by atoms with Crippen molar-refractivity contribution in [3.05, 3.63) is 59.0 Å². The Morgan fingerprint density at radius 3 is 2.75 bits per heavy atom. The first-order valence-corrected chi connectivity index (χ1v) is 8.56. The molecule has 0 bridgehead atoms. The van der Waals surface area contributed by atoms with Crippen molar-refractivity contribution in [3.63, 3.8) is 0 Å². The Bertz CT molecular complexity index is 857. The number of thiophene rings is 1. The van der Waals surface area contributed by atoms with Crippen molar-refractivity contribution in [3.8, 4) is 11.5 Å². The van der Waals surface area contributed by atoms with E-state index < -0.39 is 0 Å². The number of methoxy groups -OCH3 is 2. The molecule has 0 radical (unpaired) electrons. The number of ether oxygens (including phenoxy) is 2. The van der Waals surface area contributed by atoms with E-state index in [1.165, 1.54) is 15.6 Å². The minimum Gasteiger partial charge on any atom is -0.497 e. The van der Waals surface area contributed by atoms with Crippen LogP contribution in [0.1, 0.15) is 15.9 Å². The minimum atomic E-state index is -0.162. The molecule has 1 N–H and O–H groups in total. The smallest absolute Gasteiger partial charge is 0.255 e. The topological polar surface area (TPSA) is 47.6 Å². The molecule has 1 heterocycles. The van der Waals surface area contributed by atoms with Gasteiger partial charge in [0.1, 0.15) is 11.5 Å². The fraction of sp³-hybridized carbons (Fsp3) is 0.211. The standard InChI is InChI=1S/C19H19NO3S/c1-22-14-7-8-17(23-2)16(11-14)19(21)20-10-9-13-12-24-18-6-4-3-5-15(13)18/h3-8,11-12H,9-10H2,1-2H3,(H,20,21). The van der Waals surface area contributed by atoms with E-state index in [0.29, 0.717) is 23.6 Å². The Morgan fingerprint density at radius 2 is 1.96 bits per heavy atom. The van der Waals surface area contributed by atoms with E-state index in [1.807, 2.05) is 12.1 Å². The summed E-state index contributed by atoms with van der Waals surface area (Å²) in [7, 11) is 3.13. The summed E-state index contributed by atoms with van der Waals surface area (Å²) in [5.74, 6) is 1.00. The maximum atomic E-state index is 12.4. The lowest BCUT2D eigenvalue weighted by atomic mass is 10.1. The van der Waals surface area contributed by atoms with Gasteiger partial charge in [-0.1, -0.05) is 18.2 Å². The quantitative estimate of drug-likeness (QED) is 0.740. The Hall–Kier alpha value is -2.53. The van der Waals surface area contributed by atoms with Crippen LogP contribution in [0.15, 0.2) is 47.8 Å². The highest BCUT2D eigenvalue weighted by Crippen LogP contribution is 2.26. The van der Waals surface area contributed by atoms with Gasteiger partial charge in [0.2, 0.25) is 0 Å². The fourth-order valence-corrected chi connectivity index (χ4v) is 3.62. The number of benzene rings is 2. The molecule has 0 fully saturated rings. The van der Waals surface area contributed by atoms with Crippen molar-refractivity contribution in [2.24, 2.45) is 0 Å². The van der Waals surface area contributed by atoms with E-state index in [2.05, 4.69) is 22.8 Å². The molecular weight excluding hydrogens is 322 g/mol. The second-order valence-electron chi connectivity index (χ2n) is 5.33. The zero-order valence-corrected chi connectivity index (χ0v) is 14.5. The van der Waals surface area contributed by atoms with Crippen LogP contribution in [0.2, 0.25) is 0 Å². The van der Waals surface area contributed by atoms with Crippen LogP contribution in [0.3, 0.4) is 0 Å². The molecule has 5 heteroatoms. The van der Waals surface area contributed by atoms with Crippen LogP contribution >= 0.6 is 11.3 Å². The van der Waals surface area contributed by atoms with E-state index in [4.69, 9.17) is 9.47 Å². The normalized spacial score (nSPS) is 10.6. The van der Waals surface area contributed by atoms with Crippen LogP contribution in [-0.4, -0.2) is 26.7 Å². The Kier molecular flexibility index (Phi) is 5.01. The number of nitrogens with one attached hydrogen (secondary N) is 1. The van der Waals surface area contributed by atoms with E-state index in [1.54, 1.807) is 43.8 Å². The zero-order valence-electron chi connectivity index (χ0n) is 13.7. The van der Waals surface area contributed by atoms with Crippen molar-refractivity contribution in [2.45, 2.75) is 6.42 Å². The average Bonchev–Trinajstić information content (AvgIpc) is 3.04. The van der Waals surface area contributed by atoms with Crippen LogP contribution in [-0.2, 0) is 6.42 Å². The molecule has 0 saturated carbocycles. The number of hydrogen-bond acceptors (Lipinski definition) is 4. The van der Waals surface area contributed by atoms with Crippen molar-refractivity contribution < 1.29 is 14.3 Å². The SMILES string of the molecule is COc1ccc(OC)c(C(=O)NCCc2csc3ccccc23)c1. The van der Waals surface area contributed by atoms with Gasteiger partial charge in [-0.15, -0.1) is 11.3 Å². The minimum absolute atomic E-state index is 0.162. The second kappa shape index (κ2) is 7.36. The molecule has 0 aliphatic heterocycles. The second-order valence-corrected chi connectivity index (χ2v) is 6.24. The first-order valence-electron chi connectivity index (χ1n) is 7.68. The molecule has 0 unspecified atom stereocenters. The van der Waals surface area contributed by atoms with Crippen LogP contribution in [0.4, 0.5) is 0 Å². The number of carbonyl (C=O) groups excluding carboxylic acids is 1. The lowest BCUT2D eigenvalue weighted by molar-refractivity contribution is 0.0951. The Balaban J connectivity index is 1.67. The van der Waals surface area contributed by atoms with E-state index in [0.717, 1.165) is 6.42 Å². The van der Waals surface area contributed by atoms with Gasteiger partial charge >= 0.3 is 0 Å². The summed E-state index contributed by atoms with van der Waals surface area (Å²) in [4.78, 5) is 12.4. The maximum absolute atomic E-state index is 12.4. The molecule has 0 atom stereocenters. The van der Waals surface area contributed by atoms with Crippen LogP contribution in [0.5, 0.6) is 11.5 Å². The van der Waals surface area contributed by atoms with E-state index in [9.17, 15) is 4.79 Å². The van der Waals surface area contributed by atoms with Gasteiger partial charge in [-0.2, -0.15) is 0 Å². The highest BCUT2D eigenvalue weighted by Gasteiger charge is 2.13. The maximum Gasteiger partial charge on any atom is 0.255 e. The van der Waals surface area contributed by atoms with Gasteiger partial charge in [0.15, 0.2) is 0 Å². The van der Waals surface area contributed by atoms with Gasteiger partial charge in [-0.05, 0) is 47.0 Å². The zero-order chi connectivity index (χ0) is 16.9. The van der Waals surface area contributed by atoms with Crippen LogP contribution < -0.4 is 14.8 Å². The summed E-state index contributed by atoms with van der Waals surface area (Å²) >= 11 is 1.73. The van der Waals surface area contributed by atoms with Gasteiger partial charge in [0.25, 0.3) is 5.91 Å². The predicted octanol–water partition coefficient (Wildman–Crippen LogP) is 3.89. The number of amides is 1. The van der Waals surface area contributed by atoms with Crippen molar-refractivity contribution in [2.75, 3.05) is 20.8 Å². The van der Waals surface area contributed by atoms with Gasteiger partial charge in [0, 0.05) is 11.2 Å². The Morgan fingerprint density at radius 1 is 1.12 bits per heavy atom. The molecule has 2 aromatic carbocycles. The molecule has 24 heavy (non-hydrogen) atoms. The van der Waals surface area contributed by atoms with Crippen LogP contribution in [0.25, 0.3) is 10.1 Å². The number of rotatable bonds is 6. The fourth-order valence-electron chi connectivity index (χ4n) is 2.62. The first kappa shape index (κ1) is 16.3.